The quantitative estimate of drug-likeness (QED) is 0.553. The predicted octanol–water partition coefficient (Wildman–Crippen LogP) is 4.69. The van der Waals surface area contributed by atoms with Gasteiger partial charge >= 0.3 is 0 Å². The summed E-state index contributed by atoms with van der Waals surface area (Å²) < 4.78 is 0. The SMILES string of the molecule is CCC(C)(C)N1C(=S)N(c2ccccc2)C(=O)C1CC(=O)Nc1ccc2cc[nH]c2c1. The van der Waals surface area contributed by atoms with E-state index in [1.54, 1.807) is 4.90 Å². The molecule has 0 aliphatic carbocycles. The summed E-state index contributed by atoms with van der Waals surface area (Å²) in [7, 11) is 0. The van der Waals surface area contributed by atoms with Crippen LogP contribution in [0, 0.1) is 0 Å². The number of H-pyrrole nitrogens is 1. The molecule has 1 unspecified atom stereocenters. The highest BCUT2D eigenvalue weighted by Gasteiger charge is 2.49. The highest BCUT2D eigenvalue weighted by molar-refractivity contribution is 7.80. The number of benzene rings is 2. The number of nitrogens with one attached hydrogen (secondary N) is 2. The van der Waals surface area contributed by atoms with E-state index in [2.05, 4.69) is 17.2 Å². The number of rotatable bonds is 6. The van der Waals surface area contributed by atoms with Gasteiger partial charge in [-0.25, -0.2) is 0 Å². The van der Waals surface area contributed by atoms with Crippen LogP contribution in [0.2, 0.25) is 0 Å². The molecule has 1 aliphatic heterocycles. The number of aromatic nitrogens is 1. The average molecular weight is 435 g/mol. The van der Waals surface area contributed by atoms with E-state index in [9.17, 15) is 9.59 Å². The molecule has 1 atom stereocenters. The van der Waals surface area contributed by atoms with Crippen molar-refractivity contribution in [1.29, 1.82) is 0 Å². The molecule has 1 aliphatic rings. The zero-order chi connectivity index (χ0) is 22.2. The van der Waals surface area contributed by atoms with Crippen molar-refractivity contribution in [3.05, 3.63) is 60.8 Å². The molecular formula is C24H26N4O2S. The van der Waals surface area contributed by atoms with Crippen LogP contribution in [0.15, 0.2) is 60.8 Å². The Morgan fingerprint density at radius 2 is 1.90 bits per heavy atom. The van der Waals surface area contributed by atoms with Crippen LogP contribution in [0.3, 0.4) is 0 Å². The van der Waals surface area contributed by atoms with Crippen molar-refractivity contribution in [2.45, 2.75) is 45.2 Å². The monoisotopic (exact) mass is 434 g/mol. The number of para-hydroxylation sites is 1. The number of amides is 2. The van der Waals surface area contributed by atoms with Gasteiger partial charge < -0.3 is 15.2 Å². The Kier molecular flexibility index (Phi) is 5.54. The number of fused-ring (bicyclic) bond motifs is 1. The van der Waals surface area contributed by atoms with E-state index in [0.29, 0.717) is 10.8 Å². The average Bonchev–Trinajstić information content (AvgIpc) is 3.31. The first-order chi connectivity index (χ1) is 14.8. The number of carbonyl (C=O) groups excluding carboxylic acids is 2. The van der Waals surface area contributed by atoms with Crippen LogP contribution in [0.5, 0.6) is 0 Å². The van der Waals surface area contributed by atoms with Crippen LogP contribution in [0.25, 0.3) is 10.9 Å². The minimum Gasteiger partial charge on any atom is -0.361 e. The Balaban J connectivity index is 1.59. The normalized spacial score (nSPS) is 16.9. The lowest BCUT2D eigenvalue weighted by Crippen LogP contribution is -2.50. The summed E-state index contributed by atoms with van der Waals surface area (Å²) in [5.74, 6) is -0.397. The van der Waals surface area contributed by atoms with E-state index in [1.807, 2.05) is 79.5 Å². The summed E-state index contributed by atoms with van der Waals surface area (Å²) in [6.07, 6.45) is 2.66. The van der Waals surface area contributed by atoms with Gasteiger partial charge in [0.15, 0.2) is 5.11 Å². The highest BCUT2D eigenvalue weighted by atomic mass is 32.1. The molecule has 1 aromatic heterocycles. The van der Waals surface area contributed by atoms with E-state index < -0.39 is 6.04 Å². The summed E-state index contributed by atoms with van der Waals surface area (Å²) in [4.78, 5) is 33.0. The standard InChI is InChI=1S/C24H26N4O2S/c1-4-24(2,3)28-20(22(30)27(23(28)31)18-8-6-5-7-9-18)15-21(29)26-17-11-10-16-12-13-25-19(16)14-17/h5-14,20,25H,4,15H2,1-3H3,(H,26,29). The van der Waals surface area contributed by atoms with Crippen molar-refractivity contribution in [3.8, 4) is 0 Å². The highest BCUT2D eigenvalue weighted by Crippen LogP contribution is 2.34. The molecule has 31 heavy (non-hydrogen) atoms. The van der Waals surface area contributed by atoms with Gasteiger partial charge in [-0.1, -0.05) is 31.2 Å². The van der Waals surface area contributed by atoms with Crippen LogP contribution in [-0.2, 0) is 9.59 Å². The maximum atomic E-state index is 13.4. The smallest absolute Gasteiger partial charge is 0.256 e. The maximum Gasteiger partial charge on any atom is 0.256 e. The van der Waals surface area contributed by atoms with Gasteiger partial charge in [0.1, 0.15) is 6.04 Å². The first-order valence-electron chi connectivity index (χ1n) is 10.4. The first kappa shape index (κ1) is 21.1. The summed E-state index contributed by atoms with van der Waals surface area (Å²) in [5, 5.41) is 4.44. The molecule has 0 spiro atoms. The Bertz CT molecular complexity index is 1140. The number of hydrogen-bond donors (Lipinski definition) is 2. The Morgan fingerprint density at radius 1 is 1.16 bits per heavy atom. The molecule has 7 heteroatoms. The number of aromatic amines is 1. The third-order valence-corrected chi connectivity index (χ3v) is 6.34. The van der Waals surface area contributed by atoms with Crippen molar-refractivity contribution in [2.24, 2.45) is 0 Å². The second-order valence-corrected chi connectivity index (χ2v) is 8.74. The van der Waals surface area contributed by atoms with Crippen LogP contribution in [0.4, 0.5) is 11.4 Å². The second kappa shape index (κ2) is 8.15. The zero-order valence-corrected chi connectivity index (χ0v) is 18.7. The van der Waals surface area contributed by atoms with Crippen molar-refractivity contribution in [3.63, 3.8) is 0 Å². The maximum absolute atomic E-state index is 13.4. The Labute approximate surface area is 187 Å². The van der Waals surface area contributed by atoms with Crippen molar-refractivity contribution in [1.82, 2.24) is 9.88 Å². The van der Waals surface area contributed by atoms with Gasteiger partial charge in [-0.15, -0.1) is 0 Å². The number of nitrogens with zero attached hydrogens (tertiary/aromatic N) is 2. The van der Waals surface area contributed by atoms with Gasteiger partial charge in [0, 0.05) is 22.9 Å². The van der Waals surface area contributed by atoms with Gasteiger partial charge in [-0.2, -0.15) is 0 Å². The molecule has 2 aromatic carbocycles. The third kappa shape index (κ3) is 3.93. The van der Waals surface area contributed by atoms with E-state index in [1.165, 1.54) is 0 Å². The van der Waals surface area contributed by atoms with E-state index in [0.717, 1.165) is 23.0 Å². The van der Waals surface area contributed by atoms with Crippen molar-refractivity contribution in [2.75, 3.05) is 10.2 Å². The van der Waals surface area contributed by atoms with Crippen LogP contribution < -0.4 is 10.2 Å². The lowest BCUT2D eigenvalue weighted by molar-refractivity contribution is -0.125. The molecule has 2 heterocycles. The van der Waals surface area contributed by atoms with Gasteiger partial charge in [-0.05, 0) is 68.2 Å². The molecule has 4 rings (SSSR count). The summed E-state index contributed by atoms with van der Waals surface area (Å²) >= 11 is 5.73. The first-order valence-corrected chi connectivity index (χ1v) is 10.8. The minimum absolute atomic E-state index is 0.0223. The fraction of sp³-hybridized carbons (Fsp3) is 0.292. The van der Waals surface area contributed by atoms with Gasteiger partial charge in [0.25, 0.3) is 5.91 Å². The van der Waals surface area contributed by atoms with E-state index in [4.69, 9.17) is 12.2 Å². The lowest BCUT2D eigenvalue weighted by atomic mass is 9.97. The minimum atomic E-state index is -0.656. The molecule has 6 nitrogen and oxygen atoms in total. The predicted molar refractivity (Wildman–Crippen MR) is 128 cm³/mol. The molecular weight excluding hydrogens is 408 g/mol. The van der Waals surface area contributed by atoms with Crippen LogP contribution in [0.1, 0.15) is 33.6 Å². The lowest BCUT2D eigenvalue weighted by Gasteiger charge is -2.39. The largest absolute Gasteiger partial charge is 0.361 e. The molecule has 0 radical (unpaired) electrons. The van der Waals surface area contributed by atoms with E-state index >= 15 is 0 Å². The zero-order valence-electron chi connectivity index (χ0n) is 17.9. The summed E-state index contributed by atoms with van der Waals surface area (Å²) in [6, 6.07) is 16.4. The fourth-order valence-corrected chi connectivity index (χ4v) is 4.52. The number of anilines is 2. The molecule has 2 N–H and O–H groups in total. The molecule has 1 fully saturated rings. The van der Waals surface area contributed by atoms with Gasteiger partial charge in [-0.3, -0.25) is 14.5 Å². The summed E-state index contributed by atoms with van der Waals surface area (Å²) in [6.45, 7) is 6.15. The van der Waals surface area contributed by atoms with Gasteiger partial charge in [0.05, 0.1) is 12.1 Å². The summed E-state index contributed by atoms with van der Waals surface area (Å²) in [5.41, 5.74) is 1.98. The molecule has 1 saturated heterocycles. The van der Waals surface area contributed by atoms with Crippen molar-refractivity contribution < 1.29 is 9.59 Å². The number of hydrogen-bond acceptors (Lipinski definition) is 3. The third-order valence-electron chi connectivity index (χ3n) is 5.96. The fourth-order valence-electron chi connectivity index (χ4n) is 3.95. The number of carbonyl (C=O) groups is 2. The van der Waals surface area contributed by atoms with Crippen LogP contribution >= 0.6 is 12.2 Å². The Hall–Kier alpha value is -3.19. The molecule has 0 saturated carbocycles. The topological polar surface area (TPSA) is 68.4 Å². The molecule has 3 aromatic rings. The Morgan fingerprint density at radius 3 is 2.61 bits per heavy atom. The van der Waals surface area contributed by atoms with Gasteiger partial charge in [0.2, 0.25) is 5.91 Å². The molecule has 160 valence electrons. The van der Waals surface area contributed by atoms with Crippen molar-refractivity contribution >= 4 is 51.4 Å². The second-order valence-electron chi connectivity index (χ2n) is 8.38. The number of thiocarbonyl (C=S) groups is 1. The van der Waals surface area contributed by atoms with E-state index in [-0.39, 0.29) is 23.8 Å². The molecule has 0 bridgehead atoms. The molecule has 2 amide bonds. The van der Waals surface area contributed by atoms with Crippen LogP contribution in [-0.4, -0.2) is 38.4 Å².